The molecule has 3 rings (SSSR count). The van der Waals surface area contributed by atoms with Crippen molar-refractivity contribution < 1.29 is 18.1 Å². The van der Waals surface area contributed by atoms with Crippen molar-refractivity contribution in [3.63, 3.8) is 0 Å². The van der Waals surface area contributed by atoms with E-state index in [-0.39, 0.29) is 17.5 Å². The third-order valence-corrected chi connectivity index (χ3v) is 4.54. The Morgan fingerprint density at radius 3 is 2.23 bits per heavy atom. The van der Waals surface area contributed by atoms with E-state index in [0.29, 0.717) is 23.0 Å². The summed E-state index contributed by atoms with van der Waals surface area (Å²) in [6, 6.07) is 5.57. The van der Waals surface area contributed by atoms with E-state index in [1.165, 1.54) is 0 Å². The zero-order valence-electron chi connectivity index (χ0n) is 15.0. The van der Waals surface area contributed by atoms with Gasteiger partial charge in [0.25, 0.3) is 0 Å². The molecule has 0 aliphatic carbocycles. The van der Waals surface area contributed by atoms with E-state index in [4.69, 9.17) is 23.2 Å². The summed E-state index contributed by atoms with van der Waals surface area (Å²) in [5.74, 6) is -0.721. The van der Waals surface area contributed by atoms with Gasteiger partial charge in [-0.15, -0.1) is 0 Å². The molecular formula is C17H11Cl2F3N6O2. The smallest absolute Gasteiger partial charge is 0.334 e. The predicted molar refractivity (Wildman–Crippen MR) is 106 cm³/mol. The molecule has 0 aliphatic heterocycles. The topological polar surface area (TPSA) is 106 Å². The average Bonchev–Trinajstić information content (AvgIpc) is 2.65. The van der Waals surface area contributed by atoms with Crippen LogP contribution in [0.2, 0.25) is 10.0 Å². The first-order valence-electron chi connectivity index (χ1n) is 8.08. The average molecular weight is 459 g/mol. The van der Waals surface area contributed by atoms with Gasteiger partial charge in [-0.1, -0.05) is 29.3 Å². The molecule has 0 saturated carbocycles. The minimum Gasteiger partial charge on any atom is -0.334 e. The molecule has 2 aromatic heterocycles. The highest BCUT2D eigenvalue weighted by molar-refractivity contribution is 6.33. The van der Waals surface area contributed by atoms with Gasteiger partial charge < -0.3 is 10.6 Å². The van der Waals surface area contributed by atoms with E-state index in [0.717, 1.165) is 11.9 Å². The largest absolute Gasteiger partial charge is 0.417 e. The lowest BCUT2D eigenvalue weighted by Gasteiger charge is -2.12. The summed E-state index contributed by atoms with van der Waals surface area (Å²) < 4.78 is 38.3. The van der Waals surface area contributed by atoms with Gasteiger partial charge in [-0.25, -0.2) is 15.0 Å². The first-order chi connectivity index (χ1) is 14.1. The number of anilines is 4. The molecule has 0 aliphatic rings. The molecule has 0 fully saturated rings. The van der Waals surface area contributed by atoms with Crippen LogP contribution in [0.15, 0.2) is 36.8 Å². The number of hydrogen-bond donors (Lipinski definition) is 2. The van der Waals surface area contributed by atoms with E-state index in [9.17, 15) is 23.3 Å². The molecule has 30 heavy (non-hydrogen) atoms. The second-order valence-electron chi connectivity index (χ2n) is 5.94. The Morgan fingerprint density at radius 2 is 1.67 bits per heavy atom. The number of nitro groups is 1. The molecule has 2 N–H and O–H groups in total. The summed E-state index contributed by atoms with van der Waals surface area (Å²) in [6.07, 6.45) is -3.05. The Hall–Kier alpha value is -3.18. The van der Waals surface area contributed by atoms with Crippen molar-refractivity contribution in [2.45, 2.75) is 13.1 Å². The maximum Gasteiger partial charge on any atom is 0.417 e. The van der Waals surface area contributed by atoms with Crippen molar-refractivity contribution in [3.8, 4) is 0 Å². The highest BCUT2D eigenvalue weighted by Crippen LogP contribution is 2.36. The van der Waals surface area contributed by atoms with Crippen LogP contribution in [0, 0.1) is 17.0 Å². The standard InChI is InChI=1S/C17H11Cl2F3N6O2/c1-8-2-3-10(5-11(8)18)26-15-13(28(29)30)16(25-7-24-15)27-14-12(19)4-9(6-23-14)17(20,21)22/h2-7H,1H3,(H2,23,24,25,26,27). The minimum absolute atomic E-state index is 0.166. The lowest BCUT2D eigenvalue weighted by Crippen LogP contribution is -2.08. The fourth-order valence-corrected chi connectivity index (χ4v) is 2.73. The number of hydrogen-bond acceptors (Lipinski definition) is 7. The second kappa shape index (κ2) is 8.28. The van der Waals surface area contributed by atoms with Crippen molar-refractivity contribution in [2.24, 2.45) is 0 Å². The van der Waals surface area contributed by atoms with Gasteiger partial charge in [0, 0.05) is 16.9 Å². The molecule has 156 valence electrons. The Morgan fingerprint density at radius 1 is 1.00 bits per heavy atom. The Labute approximate surface area is 177 Å². The van der Waals surface area contributed by atoms with Gasteiger partial charge >= 0.3 is 11.9 Å². The number of benzene rings is 1. The van der Waals surface area contributed by atoms with Crippen LogP contribution in [0.1, 0.15) is 11.1 Å². The van der Waals surface area contributed by atoms with Crippen LogP contribution >= 0.6 is 23.2 Å². The Kier molecular flexibility index (Phi) is 5.94. The van der Waals surface area contributed by atoms with E-state index in [1.807, 2.05) is 0 Å². The monoisotopic (exact) mass is 458 g/mol. The molecule has 0 unspecified atom stereocenters. The molecule has 8 nitrogen and oxygen atoms in total. The maximum absolute atomic E-state index is 12.8. The number of aryl methyl sites for hydroxylation is 1. The van der Waals surface area contributed by atoms with Gasteiger partial charge in [-0.3, -0.25) is 10.1 Å². The van der Waals surface area contributed by atoms with Crippen LogP contribution < -0.4 is 10.6 Å². The van der Waals surface area contributed by atoms with Crippen molar-refractivity contribution in [1.29, 1.82) is 0 Å². The van der Waals surface area contributed by atoms with Crippen LogP contribution in [0.25, 0.3) is 0 Å². The maximum atomic E-state index is 12.8. The van der Waals surface area contributed by atoms with Gasteiger partial charge in [-0.05, 0) is 30.7 Å². The highest BCUT2D eigenvalue weighted by Gasteiger charge is 2.32. The first kappa shape index (κ1) is 21.5. The number of alkyl halides is 3. The summed E-state index contributed by atoms with van der Waals surface area (Å²) >= 11 is 11.9. The molecule has 0 atom stereocenters. The summed E-state index contributed by atoms with van der Waals surface area (Å²) in [6.45, 7) is 1.79. The number of aromatic nitrogens is 3. The molecule has 0 radical (unpaired) electrons. The quantitative estimate of drug-likeness (QED) is 0.361. The number of rotatable bonds is 5. The SMILES string of the molecule is Cc1ccc(Nc2ncnc(Nc3ncc(C(F)(F)F)cc3Cl)c2[N+](=O)[O-])cc1Cl. The van der Waals surface area contributed by atoms with Crippen molar-refractivity contribution in [3.05, 3.63) is 68.1 Å². The van der Waals surface area contributed by atoms with Crippen LogP contribution in [-0.2, 0) is 6.18 Å². The van der Waals surface area contributed by atoms with Gasteiger partial charge in [0.2, 0.25) is 11.6 Å². The molecule has 13 heteroatoms. The number of pyridine rings is 1. The van der Waals surface area contributed by atoms with E-state index in [2.05, 4.69) is 25.6 Å². The predicted octanol–water partition coefficient (Wildman–Crippen LogP) is 5.90. The van der Waals surface area contributed by atoms with E-state index < -0.39 is 27.4 Å². The third kappa shape index (κ3) is 4.69. The van der Waals surface area contributed by atoms with Gasteiger partial charge in [0.15, 0.2) is 5.82 Å². The first-order valence-corrected chi connectivity index (χ1v) is 8.84. The molecular weight excluding hydrogens is 448 g/mol. The number of halogens is 5. The van der Waals surface area contributed by atoms with Crippen molar-refractivity contribution in [2.75, 3.05) is 10.6 Å². The summed E-state index contributed by atoms with van der Waals surface area (Å²) in [5.41, 5.74) is -0.380. The fourth-order valence-electron chi connectivity index (χ4n) is 2.34. The summed E-state index contributed by atoms with van der Waals surface area (Å²) in [7, 11) is 0. The molecule has 0 saturated heterocycles. The van der Waals surface area contributed by atoms with Crippen molar-refractivity contribution >= 4 is 52.0 Å². The van der Waals surface area contributed by atoms with E-state index in [1.54, 1.807) is 25.1 Å². The molecule has 1 aromatic carbocycles. The number of nitrogens with one attached hydrogen (secondary N) is 2. The van der Waals surface area contributed by atoms with E-state index >= 15 is 0 Å². The normalized spacial score (nSPS) is 11.3. The third-order valence-electron chi connectivity index (χ3n) is 3.84. The molecule has 3 aromatic rings. The Bertz CT molecular complexity index is 1130. The van der Waals surface area contributed by atoms with Gasteiger partial charge in [0.1, 0.15) is 6.33 Å². The summed E-state index contributed by atoms with van der Waals surface area (Å²) in [5, 5.41) is 16.9. The van der Waals surface area contributed by atoms with Crippen LogP contribution in [0.3, 0.4) is 0 Å². The van der Waals surface area contributed by atoms with Gasteiger partial charge in [-0.2, -0.15) is 13.2 Å². The summed E-state index contributed by atoms with van der Waals surface area (Å²) in [4.78, 5) is 22.1. The molecule has 0 amide bonds. The highest BCUT2D eigenvalue weighted by atomic mass is 35.5. The minimum atomic E-state index is -4.64. The molecule has 0 bridgehead atoms. The van der Waals surface area contributed by atoms with Crippen LogP contribution in [-0.4, -0.2) is 19.9 Å². The fraction of sp³-hybridized carbons (Fsp3) is 0.118. The van der Waals surface area contributed by atoms with Crippen LogP contribution in [0.5, 0.6) is 0 Å². The number of nitrogens with zero attached hydrogens (tertiary/aromatic N) is 4. The lowest BCUT2D eigenvalue weighted by atomic mass is 10.2. The zero-order chi connectivity index (χ0) is 22.1. The van der Waals surface area contributed by atoms with Crippen LogP contribution in [0.4, 0.5) is 42.0 Å². The van der Waals surface area contributed by atoms with Gasteiger partial charge in [0.05, 0.1) is 15.5 Å². The molecule has 0 spiro atoms. The lowest BCUT2D eigenvalue weighted by molar-refractivity contribution is -0.383. The Balaban J connectivity index is 1.97. The molecule has 2 heterocycles. The second-order valence-corrected chi connectivity index (χ2v) is 6.76. The zero-order valence-corrected chi connectivity index (χ0v) is 16.5. The van der Waals surface area contributed by atoms with Crippen molar-refractivity contribution in [1.82, 2.24) is 15.0 Å².